The fourth-order valence-electron chi connectivity index (χ4n) is 3.43. The molecule has 1 N–H and O–H groups in total. The lowest BCUT2D eigenvalue weighted by Crippen LogP contribution is -2.17. The summed E-state index contributed by atoms with van der Waals surface area (Å²) in [5.41, 5.74) is 0. The van der Waals surface area contributed by atoms with E-state index in [2.05, 4.69) is 30.5 Å². The van der Waals surface area contributed by atoms with Gasteiger partial charge >= 0.3 is 0 Å². The molecular weight excluding hydrogens is 318 g/mol. The fourth-order valence-corrected chi connectivity index (χ4v) is 3.43. The van der Waals surface area contributed by atoms with Crippen molar-refractivity contribution in [2.24, 2.45) is 5.92 Å². The number of hydrogen-bond donors (Lipinski definition) is 1. The molecule has 4 rings (SSSR count). The smallest absolute Gasteiger partial charge is 0.216 e. The number of aryl methyl sites for hydroxylation is 2. The van der Waals surface area contributed by atoms with Gasteiger partial charge in [-0.25, -0.2) is 9.97 Å². The van der Waals surface area contributed by atoms with Crippen molar-refractivity contribution in [3.63, 3.8) is 0 Å². The second-order valence-electron chi connectivity index (χ2n) is 6.55. The third kappa shape index (κ3) is 3.52. The van der Waals surface area contributed by atoms with Gasteiger partial charge in [0.25, 0.3) is 0 Å². The molecule has 0 aliphatic heterocycles. The van der Waals surface area contributed by atoms with Crippen LogP contribution < -0.4 is 5.32 Å². The first kappa shape index (κ1) is 15.7. The van der Waals surface area contributed by atoms with Crippen LogP contribution in [0.15, 0.2) is 29.2 Å². The van der Waals surface area contributed by atoms with Gasteiger partial charge < -0.3 is 9.73 Å². The summed E-state index contributed by atoms with van der Waals surface area (Å²) in [5.74, 6) is 4.39. The monoisotopic (exact) mass is 339 g/mol. The number of nitrogens with one attached hydrogen (secondary N) is 1. The zero-order valence-corrected chi connectivity index (χ0v) is 14.4. The van der Waals surface area contributed by atoms with E-state index in [0.717, 1.165) is 49.0 Å². The van der Waals surface area contributed by atoms with Gasteiger partial charge in [-0.15, -0.1) is 10.2 Å². The summed E-state index contributed by atoms with van der Waals surface area (Å²) in [7, 11) is 0. The Morgan fingerprint density at radius 2 is 2.16 bits per heavy atom. The van der Waals surface area contributed by atoms with Crippen LogP contribution in [0, 0.1) is 19.8 Å². The van der Waals surface area contributed by atoms with E-state index in [9.17, 15) is 0 Å². The molecule has 3 aromatic rings. The molecule has 8 nitrogen and oxygen atoms in total. The van der Waals surface area contributed by atoms with Gasteiger partial charge in [0.05, 0.1) is 12.4 Å². The maximum atomic E-state index is 5.49. The van der Waals surface area contributed by atoms with E-state index in [-0.39, 0.29) is 0 Å². The van der Waals surface area contributed by atoms with Crippen LogP contribution in [0.25, 0.3) is 5.82 Å². The van der Waals surface area contributed by atoms with Crippen molar-refractivity contribution >= 4 is 5.82 Å². The van der Waals surface area contributed by atoms with Gasteiger partial charge in [-0.05, 0) is 32.1 Å². The predicted octanol–water partition coefficient (Wildman–Crippen LogP) is 2.49. The highest BCUT2D eigenvalue weighted by Crippen LogP contribution is 2.30. The van der Waals surface area contributed by atoms with E-state index in [1.807, 2.05) is 24.6 Å². The van der Waals surface area contributed by atoms with Crippen molar-refractivity contribution < 1.29 is 4.42 Å². The molecule has 0 amide bonds. The van der Waals surface area contributed by atoms with E-state index in [0.29, 0.717) is 17.9 Å². The summed E-state index contributed by atoms with van der Waals surface area (Å²) in [6, 6.07) is 0.391. The maximum absolute atomic E-state index is 5.49. The maximum Gasteiger partial charge on any atom is 0.216 e. The lowest BCUT2D eigenvalue weighted by molar-refractivity contribution is 0.416. The van der Waals surface area contributed by atoms with Crippen molar-refractivity contribution in [3.05, 3.63) is 42.4 Å². The second kappa shape index (κ2) is 6.62. The minimum atomic E-state index is 0.391. The molecule has 0 radical (unpaired) electrons. The molecule has 1 saturated carbocycles. The quantitative estimate of drug-likeness (QED) is 0.763. The van der Waals surface area contributed by atoms with E-state index >= 15 is 0 Å². The van der Waals surface area contributed by atoms with Gasteiger partial charge in [-0.3, -0.25) is 9.55 Å². The summed E-state index contributed by atoms with van der Waals surface area (Å²) in [5, 5.41) is 11.5. The van der Waals surface area contributed by atoms with Gasteiger partial charge in [-0.1, -0.05) is 0 Å². The summed E-state index contributed by atoms with van der Waals surface area (Å²) >= 11 is 0. The first-order valence-electron chi connectivity index (χ1n) is 8.55. The normalized spacial score (nSPS) is 20.1. The second-order valence-corrected chi connectivity index (χ2v) is 6.55. The summed E-state index contributed by atoms with van der Waals surface area (Å²) in [6.07, 6.45) is 11.3. The Morgan fingerprint density at radius 3 is 2.92 bits per heavy atom. The molecule has 8 heteroatoms. The number of aromatic nitrogens is 6. The zero-order chi connectivity index (χ0) is 17.2. The third-order valence-electron chi connectivity index (χ3n) is 4.62. The van der Waals surface area contributed by atoms with E-state index < -0.39 is 0 Å². The number of hydrogen-bond acceptors (Lipinski definition) is 7. The molecule has 1 aliphatic carbocycles. The van der Waals surface area contributed by atoms with Gasteiger partial charge in [0, 0.05) is 31.8 Å². The summed E-state index contributed by atoms with van der Waals surface area (Å²) in [6.45, 7) is 3.77. The first-order valence-corrected chi connectivity index (χ1v) is 8.55. The molecular formula is C17H21N7O. The molecule has 0 unspecified atom stereocenters. The Morgan fingerprint density at radius 1 is 1.24 bits per heavy atom. The molecule has 2 atom stereocenters. The van der Waals surface area contributed by atoms with Crippen LogP contribution in [0.1, 0.15) is 36.9 Å². The van der Waals surface area contributed by atoms with E-state index in [1.165, 1.54) is 0 Å². The van der Waals surface area contributed by atoms with Crippen molar-refractivity contribution in [1.82, 2.24) is 29.7 Å². The lowest BCUT2D eigenvalue weighted by atomic mass is 10.0. The van der Waals surface area contributed by atoms with Crippen LogP contribution >= 0.6 is 0 Å². The van der Waals surface area contributed by atoms with Crippen molar-refractivity contribution in [2.45, 2.75) is 45.6 Å². The number of imidazole rings is 1. The SMILES string of the molecule is Cc1nnc(C[C@@H]2CC[C@H](Nc3cncc(-n4ccnc4C)n3)C2)o1. The van der Waals surface area contributed by atoms with Gasteiger partial charge in [0.2, 0.25) is 11.8 Å². The Labute approximate surface area is 145 Å². The summed E-state index contributed by atoms with van der Waals surface area (Å²) in [4.78, 5) is 13.2. The molecule has 130 valence electrons. The minimum Gasteiger partial charge on any atom is -0.426 e. The zero-order valence-electron chi connectivity index (χ0n) is 14.4. The molecule has 1 aliphatic rings. The molecule has 3 heterocycles. The van der Waals surface area contributed by atoms with Crippen LogP contribution in [0.5, 0.6) is 0 Å². The van der Waals surface area contributed by atoms with Crippen molar-refractivity contribution in [3.8, 4) is 5.82 Å². The number of rotatable bonds is 5. The molecule has 1 fully saturated rings. The minimum absolute atomic E-state index is 0.391. The molecule has 3 aromatic heterocycles. The van der Waals surface area contributed by atoms with Crippen molar-refractivity contribution in [1.29, 1.82) is 0 Å². The highest BCUT2D eigenvalue weighted by molar-refractivity contribution is 5.37. The van der Waals surface area contributed by atoms with Gasteiger partial charge in [0.1, 0.15) is 11.6 Å². The Balaban J connectivity index is 1.39. The predicted molar refractivity (Wildman–Crippen MR) is 91.4 cm³/mol. The van der Waals surface area contributed by atoms with Crippen LogP contribution in [-0.4, -0.2) is 35.8 Å². The molecule has 0 spiro atoms. The largest absolute Gasteiger partial charge is 0.426 e. The highest BCUT2D eigenvalue weighted by Gasteiger charge is 2.26. The van der Waals surface area contributed by atoms with E-state index in [4.69, 9.17) is 4.42 Å². The average Bonchev–Trinajstić information content (AvgIpc) is 3.31. The fraction of sp³-hybridized carbons (Fsp3) is 0.471. The third-order valence-corrected chi connectivity index (χ3v) is 4.62. The van der Waals surface area contributed by atoms with Crippen LogP contribution in [0.3, 0.4) is 0 Å². The topological polar surface area (TPSA) is 94.6 Å². The van der Waals surface area contributed by atoms with E-state index in [1.54, 1.807) is 18.6 Å². The average molecular weight is 339 g/mol. The Hall–Kier alpha value is -2.77. The van der Waals surface area contributed by atoms with Gasteiger partial charge in [-0.2, -0.15) is 0 Å². The van der Waals surface area contributed by atoms with Gasteiger partial charge in [0.15, 0.2) is 5.82 Å². The first-order chi connectivity index (χ1) is 12.2. The van der Waals surface area contributed by atoms with Crippen LogP contribution in [-0.2, 0) is 6.42 Å². The summed E-state index contributed by atoms with van der Waals surface area (Å²) < 4.78 is 7.42. The number of nitrogens with zero attached hydrogens (tertiary/aromatic N) is 6. The lowest BCUT2D eigenvalue weighted by Gasteiger charge is -2.14. The van der Waals surface area contributed by atoms with Crippen LogP contribution in [0.4, 0.5) is 5.82 Å². The molecule has 0 saturated heterocycles. The standard InChI is InChI=1S/C17H21N7O/c1-11-19-5-6-24(11)16-10-18-9-15(21-16)20-14-4-3-13(7-14)8-17-23-22-12(2)25-17/h5-6,9-10,13-14H,3-4,7-8H2,1-2H3,(H,20,21)/t13-,14+/m1/s1. The Bertz CT molecular complexity index is 856. The molecule has 0 aromatic carbocycles. The number of anilines is 1. The Kier molecular flexibility index (Phi) is 4.17. The molecule has 25 heavy (non-hydrogen) atoms. The van der Waals surface area contributed by atoms with Crippen molar-refractivity contribution in [2.75, 3.05) is 5.32 Å². The molecule has 0 bridgehead atoms. The highest BCUT2D eigenvalue weighted by atomic mass is 16.4. The van der Waals surface area contributed by atoms with Crippen LogP contribution in [0.2, 0.25) is 0 Å².